The fourth-order valence-electron chi connectivity index (χ4n) is 4.11. The Morgan fingerprint density at radius 2 is 1.60 bits per heavy atom. The minimum Gasteiger partial charge on any atom is -0.396 e. The van der Waals surface area contributed by atoms with E-state index in [1.54, 1.807) is 0 Å². The van der Waals surface area contributed by atoms with E-state index in [0.717, 1.165) is 54.2 Å². The summed E-state index contributed by atoms with van der Waals surface area (Å²) < 4.78 is 1.02. The highest BCUT2D eigenvalue weighted by Gasteiger charge is 2.38. The lowest BCUT2D eigenvalue weighted by atomic mass is 9.74. The van der Waals surface area contributed by atoms with Crippen molar-refractivity contribution in [2.24, 2.45) is 0 Å². The minimum atomic E-state index is -0.932. The lowest BCUT2D eigenvalue weighted by molar-refractivity contribution is -0.00409. The van der Waals surface area contributed by atoms with Gasteiger partial charge in [0.1, 0.15) is 0 Å². The van der Waals surface area contributed by atoms with Gasteiger partial charge < -0.3 is 15.5 Å². The molecule has 0 saturated carbocycles. The second-order valence-electron chi connectivity index (χ2n) is 8.19. The van der Waals surface area contributed by atoms with Crippen LogP contribution in [0.3, 0.4) is 0 Å². The molecular weight excluding hydrogens is 438 g/mol. The first-order valence-corrected chi connectivity index (χ1v) is 12.3. The standard InChI is InChI=1S/C26H38BrNO2/c1-2-3-4-5-9-18-26(30,23-14-16-24(27)17-15-23)25(21-28-19-10-11-20-29)22-12-7-6-8-13-22/h6-8,12-17,25,28-30H,2-5,9-11,18-21H2,1H3. The number of hydrogen-bond donors (Lipinski definition) is 3. The van der Waals surface area contributed by atoms with E-state index in [1.165, 1.54) is 19.3 Å². The third kappa shape index (κ3) is 7.81. The fraction of sp³-hybridized carbons (Fsp3) is 0.538. The molecule has 2 aromatic carbocycles. The maximum atomic E-state index is 12.2. The number of halogens is 1. The first kappa shape index (κ1) is 25.1. The molecule has 0 spiro atoms. The summed E-state index contributed by atoms with van der Waals surface area (Å²) in [5.41, 5.74) is 1.21. The molecule has 0 saturated heterocycles. The van der Waals surface area contributed by atoms with E-state index >= 15 is 0 Å². The normalized spacial score (nSPS) is 14.4. The van der Waals surface area contributed by atoms with E-state index in [4.69, 9.17) is 5.11 Å². The Hall–Kier alpha value is -1.20. The Balaban J connectivity index is 2.26. The summed E-state index contributed by atoms with van der Waals surface area (Å²) in [6.07, 6.45) is 8.35. The molecule has 0 aliphatic carbocycles. The summed E-state index contributed by atoms with van der Waals surface area (Å²) in [6, 6.07) is 18.5. The van der Waals surface area contributed by atoms with Crippen molar-refractivity contribution in [3.8, 4) is 0 Å². The summed E-state index contributed by atoms with van der Waals surface area (Å²) in [7, 11) is 0. The molecule has 2 rings (SSSR count). The van der Waals surface area contributed by atoms with Gasteiger partial charge in [-0.15, -0.1) is 0 Å². The fourth-order valence-corrected chi connectivity index (χ4v) is 4.38. The predicted octanol–water partition coefficient (Wildman–Crippen LogP) is 6.14. The molecule has 30 heavy (non-hydrogen) atoms. The molecule has 3 nitrogen and oxygen atoms in total. The molecule has 3 N–H and O–H groups in total. The van der Waals surface area contributed by atoms with Crippen molar-refractivity contribution in [1.29, 1.82) is 0 Å². The molecule has 166 valence electrons. The molecule has 0 fully saturated rings. The summed E-state index contributed by atoms with van der Waals surface area (Å²) in [5, 5.41) is 24.7. The number of unbranched alkanes of at least 4 members (excludes halogenated alkanes) is 5. The first-order chi connectivity index (χ1) is 14.6. The summed E-state index contributed by atoms with van der Waals surface area (Å²) in [5.74, 6) is -0.0415. The van der Waals surface area contributed by atoms with E-state index in [2.05, 4.69) is 64.6 Å². The third-order valence-corrected chi connectivity index (χ3v) is 6.42. The van der Waals surface area contributed by atoms with Gasteiger partial charge in [0, 0.05) is 23.5 Å². The first-order valence-electron chi connectivity index (χ1n) is 11.5. The molecule has 0 aromatic heterocycles. The van der Waals surface area contributed by atoms with Crippen LogP contribution in [0, 0.1) is 0 Å². The van der Waals surface area contributed by atoms with Crippen molar-refractivity contribution in [2.45, 2.75) is 69.8 Å². The van der Waals surface area contributed by atoms with Gasteiger partial charge >= 0.3 is 0 Å². The van der Waals surface area contributed by atoms with Gasteiger partial charge in [0.2, 0.25) is 0 Å². The molecular formula is C26H38BrNO2. The van der Waals surface area contributed by atoms with Crippen molar-refractivity contribution in [2.75, 3.05) is 19.7 Å². The van der Waals surface area contributed by atoms with E-state index in [9.17, 15) is 5.11 Å². The van der Waals surface area contributed by atoms with Crippen LogP contribution in [0.5, 0.6) is 0 Å². The molecule has 2 unspecified atom stereocenters. The number of aliphatic hydroxyl groups excluding tert-OH is 1. The number of rotatable bonds is 15. The van der Waals surface area contributed by atoms with Crippen LogP contribution >= 0.6 is 15.9 Å². The molecule has 4 heteroatoms. The van der Waals surface area contributed by atoms with Crippen LogP contribution in [0.25, 0.3) is 0 Å². The average molecular weight is 476 g/mol. The zero-order chi connectivity index (χ0) is 21.7. The van der Waals surface area contributed by atoms with E-state index in [1.807, 2.05) is 18.2 Å². The molecule has 0 aliphatic heterocycles. The van der Waals surface area contributed by atoms with Gasteiger partial charge in [-0.1, -0.05) is 97.4 Å². The molecule has 0 heterocycles. The van der Waals surface area contributed by atoms with Gasteiger partial charge in [0.05, 0.1) is 5.60 Å². The Bertz CT molecular complexity index is 692. The van der Waals surface area contributed by atoms with Gasteiger partial charge in [-0.05, 0) is 49.1 Å². The van der Waals surface area contributed by atoms with E-state index in [-0.39, 0.29) is 12.5 Å². The van der Waals surface area contributed by atoms with Crippen LogP contribution in [0.4, 0.5) is 0 Å². The highest BCUT2D eigenvalue weighted by molar-refractivity contribution is 9.10. The Kier molecular flexibility index (Phi) is 11.7. The predicted molar refractivity (Wildman–Crippen MR) is 130 cm³/mol. The van der Waals surface area contributed by atoms with Gasteiger partial charge in [-0.2, -0.15) is 0 Å². The highest BCUT2D eigenvalue weighted by Crippen LogP contribution is 2.41. The average Bonchev–Trinajstić information content (AvgIpc) is 2.77. The van der Waals surface area contributed by atoms with Crippen LogP contribution in [-0.4, -0.2) is 29.9 Å². The van der Waals surface area contributed by atoms with Gasteiger partial charge in [0.15, 0.2) is 0 Å². The summed E-state index contributed by atoms with van der Waals surface area (Å²) in [4.78, 5) is 0. The summed E-state index contributed by atoms with van der Waals surface area (Å²) >= 11 is 3.53. The van der Waals surface area contributed by atoms with E-state index in [0.29, 0.717) is 6.54 Å². The van der Waals surface area contributed by atoms with Gasteiger partial charge in [-0.3, -0.25) is 0 Å². The minimum absolute atomic E-state index is 0.0415. The lowest BCUT2D eigenvalue weighted by Crippen LogP contribution is -2.40. The van der Waals surface area contributed by atoms with Crippen molar-refractivity contribution in [3.63, 3.8) is 0 Å². The number of nitrogens with one attached hydrogen (secondary N) is 1. The number of aliphatic hydroxyl groups is 2. The van der Waals surface area contributed by atoms with Crippen LogP contribution in [-0.2, 0) is 5.60 Å². The quantitative estimate of drug-likeness (QED) is 0.271. The van der Waals surface area contributed by atoms with Crippen LogP contribution in [0.1, 0.15) is 75.3 Å². The van der Waals surface area contributed by atoms with Crippen molar-refractivity contribution < 1.29 is 10.2 Å². The molecule has 2 atom stereocenters. The topological polar surface area (TPSA) is 52.5 Å². The number of hydrogen-bond acceptors (Lipinski definition) is 3. The SMILES string of the molecule is CCCCCCCC(O)(c1ccc(Br)cc1)C(CNCCCCO)c1ccccc1. The Morgan fingerprint density at radius 3 is 2.27 bits per heavy atom. The molecule has 0 radical (unpaired) electrons. The maximum absolute atomic E-state index is 12.2. The van der Waals surface area contributed by atoms with Crippen LogP contribution < -0.4 is 5.32 Å². The largest absolute Gasteiger partial charge is 0.396 e. The van der Waals surface area contributed by atoms with Crippen molar-refractivity contribution in [3.05, 3.63) is 70.2 Å². The van der Waals surface area contributed by atoms with Crippen LogP contribution in [0.15, 0.2) is 59.1 Å². The van der Waals surface area contributed by atoms with Crippen molar-refractivity contribution in [1.82, 2.24) is 5.32 Å². The lowest BCUT2D eigenvalue weighted by Gasteiger charge is -2.38. The maximum Gasteiger partial charge on any atom is 0.0976 e. The Morgan fingerprint density at radius 1 is 0.900 bits per heavy atom. The van der Waals surface area contributed by atoms with Gasteiger partial charge in [-0.25, -0.2) is 0 Å². The molecule has 2 aromatic rings. The highest BCUT2D eigenvalue weighted by atomic mass is 79.9. The molecule has 0 aliphatic rings. The zero-order valence-electron chi connectivity index (χ0n) is 18.3. The molecule has 0 bridgehead atoms. The smallest absolute Gasteiger partial charge is 0.0976 e. The second-order valence-corrected chi connectivity index (χ2v) is 9.11. The third-order valence-electron chi connectivity index (χ3n) is 5.89. The number of benzene rings is 2. The summed E-state index contributed by atoms with van der Waals surface area (Å²) in [6.45, 7) is 4.00. The second kappa shape index (κ2) is 14.0. The van der Waals surface area contributed by atoms with Crippen molar-refractivity contribution >= 4 is 15.9 Å². The Labute approximate surface area is 191 Å². The van der Waals surface area contributed by atoms with Gasteiger partial charge in [0.25, 0.3) is 0 Å². The van der Waals surface area contributed by atoms with E-state index < -0.39 is 5.60 Å². The molecule has 0 amide bonds. The monoisotopic (exact) mass is 475 g/mol. The van der Waals surface area contributed by atoms with Crippen LogP contribution in [0.2, 0.25) is 0 Å². The zero-order valence-corrected chi connectivity index (χ0v) is 19.9.